The number of benzene rings is 2. The van der Waals surface area contributed by atoms with E-state index in [4.69, 9.17) is 26.7 Å². The topological polar surface area (TPSA) is 81.5 Å². The summed E-state index contributed by atoms with van der Waals surface area (Å²) in [6.07, 6.45) is 7.32. The summed E-state index contributed by atoms with van der Waals surface area (Å²) in [4.78, 5) is 22.6. The molecule has 1 aliphatic carbocycles. The highest BCUT2D eigenvalue weighted by Crippen LogP contribution is 2.39. The Morgan fingerprint density at radius 1 is 0.978 bits per heavy atom. The Morgan fingerprint density at radius 2 is 1.65 bits per heavy atom. The number of ether oxygens (including phenoxy) is 1. The number of amidine groups is 1. The van der Waals surface area contributed by atoms with Crippen LogP contribution in [0.5, 0.6) is 5.75 Å². The minimum atomic E-state index is 0.0293. The molecule has 0 radical (unpaired) electrons. The molecule has 10 heteroatoms. The summed E-state index contributed by atoms with van der Waals surface area (Å²) < 4.78 is 6.70. The quantitative estimate of drug-likeness (QED) is 0.155. The van der Waals surface area contributed by atoms with E-state index in [9.17, 15) is 4.79 Å². The molecular formula is C36H46Br2ClN5O2. The van der Waals surface area contributed by atoms with Gasteiger partial charge in [0.15, 0.2) is 0 Å². The van der Waals surface area contributed by atoms with Crippen LogP contribution in [0.1, 0.15) is 68.0 Å². The fourth-order valence-corrected chi connectivity index (χ4v) is 7.17. The minimum Gasteiger partial charge on any atom is -0.426 e. The van der Waals surface area contributed by atoms with Gasteiger partial charge in [-0.25, -0.2) is 0 Å². The summed E-state index contributed by atoms with van der Waals surface area (Å²) in [5, 5.41) is 12.3. The Kier molecular flexibility index (Phi) is 14.4. The van der Waals surface area contributed by atoms with Gasteiger partial charge in [-0.3, -0.25) is 20.1 Å². The lowest BCUT2D eigenvalue weighted by Gasteiger charge is -2.38. The molecule has 46 heavy (non-hydrogen) atoms. The summed E-state index contributed by atoms with van der Waals surface area (Å²) in [5.74, 6) is 3.12. The van der Waals surface area contributed by atoms with E-state index in [1.165, 1.54) is 16.7 Å². The van der Waals surface area contributed by atoms with Crippen molar-refractivity contribution >= 4 is 55.4 Å². The standard InChI is InChI=1S/C33H37BrClN5O2.C2H6.CH3Br/c34-26-18-25-7-6-24-19-27(35)8-9-29(24)31(30(25)37-21-26)39-16-12-23(13-17-39)32(41)38-20-22-10-14-40(15-11-22)33(36)42-28-4-2-1-3-5-28;2*1-2/h1-5,8-9,18-19,21-23,31,36H,6-7,10-17,20H2,(H,38,41);1-2H3;1H3. The molecule has 0 spiro atoms. The molecule has 7 nitrogen and oxygen atoms in total. The van der Waals surface area contributed by atoms with Crippen molar-refractivity contribution in [2.75, 3.05) is 38.6 Å². The number of pyridine rings is 1. The van der Waals surface area contributed by atoms with Gasteiger partial charge in [0.2, 0.25) is 5.91 Å². The van der Waals surface area contributed by atoms with Crippen LogP contribution in [0, 0.1) is 17.2 Å². The smallest absolute Gasteiger partial charge is 0.289 e. The first-order valence-electron chi connectivity index (χ1n) is 16.3. The highest BCUT2D eigenvalue weighted by molar-refractivity contribution is 9.10. The molecule has 0 bridgehead atoms. The fourth-order valence-electron chi connectivity index (χ4n) is 6.60. The van der Waals surface area contributed by atoms with Crippen molar-refractivity contribution in [2.45, 2.75) is 58.4 Å². The van der Waals surface area contributed by atoms with Crippen molar-refractivity contribution < 1.29 is 9.53 Å². The molecule has 1 amide bonds. The molecular weight excluding hydrogens is 730 g/mol. The van der Waals surface area contributed by atoms with Crippen molar-refractivity contribution in [3.05, 3.63) is 92.7 Å². The molecule has 248 valence electrons. The van der Waals surface area contributed by atoms with E-state index in [0.29, 0.717) is 18.2 Å². The first-order valence-corrected chi connectivity index (χ1v) is 19.1. The Labute approximate surface area is 296 Å². The maximum atomic E-state index is 13.2. The number of likely N-dealkylation sites (tertiary alicyclic amines) is 2. The SMILES string of the molecule is CBr.CC.N=C(Oc1ccccc1)N1CCC(CNC(=O)C2CCN(C3c4ccc(Cl)cc4CCc4cc(Br)cnc43)CC2)CC1. The zero-order chi connectivity index (χ0) is 33.1. The summed E-state index contributed by atoms with van der Waals surface area (Å²) in [7, 11) is 0. The van der Waals surface area contributed by atoms with E-state index in [1.807, 2.05) is 67.2 Å². The maximum Gasteiger partial charge on any atom is 0.289 e. The van der Waals surface area contributed by atoms with E-state index in [-0.39, 0.29) is 23.9 Å². The van der Waals surface area contributed by atoms with Crippen LogP contribution in [0.2, 0.25) is 5.02 Å². The lowest BCUT2D eigenvalue weighted by Crippen LogP contribution is -2.45. The number of piperidine rings is 2. The lowest BCUT2D eigenvalue weighted by molar-refractivity contribution is -0.126. The maximum absolute atomic E-state index is 13.2. The van der Waals surface area contributed by atoms with Gasteiger partial charge in [-0.2, -0.15) is 0 Å². The largest absolute Gasteiger partial charge is 0.426 e. The minimum absolute atomic E-state index is 0.0293. The van der Waals surface area contributed by atoms with Crippen LogP contribution in [-0.4, -0.2) is 65.3 Å². The summed E-state index contributed by atoms with van der Waals surface area (Å²) in [6.45, 7) is 7.94. The van der Waals surface area contributed by atoms with Crippen molar-refractivity contribution in [1.82, 2.24) is 20.1 Å². The molecule has 2 aliphatic heterocycles. The molecule has 2 saturated heterocycles. The van der Waals surface area contributed by atoms with Crippen LogP contribution in [0.3, 0.4) is 0 Å². The Balaban J connectivity index is 0.00000116. The number of carbonyl (C=O) groups is 1. The van der Waals surface area contributed by atoms with E-state index in [1.54, 1.807) is 0 Å². The monoisotopic (exact) mass is 773 g/mol. The van der Waals surface area contributed by atoms with Crippen LogP contribution in [-0.2, 0) is 17.6 Å². The van der Waals surface area contributed by atoms with Gasteiger partial charge in [-0.1, -0.05) is 65.6 Å². The highest BCUT2D eigenvalue weighted by atomic mass is 79.9. The molecule has 3 heterocycles. The summed E-state index contributed by atoms with van der Waals surface area (Å²) in [5.41, 5.74) is 4.96. The lowest BCUT2D eigenvalue weighted by atomic mass is 9.90. The number of nitrogens with zero attached hydrogens (tertiary/aromatic N) is 3. The molecule has 3 aliphatic rings. The number of halogens is 3. The first-order chi connectivity index (χ1) is 22.4. The van der Waals surface area contributed by atoms with Crippen LogP contribution < -0.4 is 10.1 Å². The van der Waals surface area contributed by atoms with Crippen LogP contribution in [0.15, 0.2) is 65.3 Å². The predicted molar refractivity (Wildman–Crippen MR) is 195 cm³/mol. The number of aryl methyl sites for hydroxylation is 2. The molecule has 0 saturated carbocycles. The first kappa shape index (κ1) is 36.4. The highest BCUT2D eigenvalue weighted by Gasteiger charge is 2.34. The predicted octanol–water partition coefficient (Wildman–Crippen LogP) is 8.28. The van der Waals surface area contributed by atoms with E-state index in [2.05, 4.69) is 60.3 Å². The third kappa shape index (κ3) is 9.33. The second-order valence-corrected chi connectivity index (χ2v) is 13.0. The summed E-state index contributed by atoms with van der Waals surface area (Å²) >= 11 is 12.9. The van der Waals surface area contributed by atoms with Gasteiger partial charge in [-0.05, 0) is 126 Å². The molecule has 1 unspecified atom stereocenters. The number of nitrogens with one attached hydrogen (secondary N) is 2. The number of rotatable bonds is 5. The van der Waals surface area contributed by atoms with E-state index < -0.39 is 0 Å². The molecule has 1 atom stereocenters. The normalized spacial score (nSPS) is 18.4. The van der Waals surface area contributed by atoms with Gasteiger partial charge in [0.1, 0.15) is 5.75 Å². The van der Waals surface area contributed by atoms with Crippen molar-refractivity contribution in [1.29, 1.82) is 5.41 Å². The zero-order valence-corrected chi connectivity index (χ0v) is 31.0. The van der Waals surface area contributed by atoms with Gasteiger partial charge in [0.05, 0.1) is 11.7 Å². The number of fused-ring (bicyclic) bond motifs is 2. The number of alkyl halides is 1. The number of carbonyl (C=O) groups excluding carboxylic acids is 1. The third-order valence-electron chi connectivity index (χ3n) is 8.98. The Morgan fingerprint density at radius 3 is 2.35 bits per heavy atom. The number of hydrogen-bond acceptors (Lipinski definition) is 5. The number of aromatic nitrogens is 1. The van der Waals surface area contributed by atoms with Gasteiger partial charge in [-0.15, -0.1) is 0 Å². The van der Waals surface area contributed by atoms with E-state index in [0.717, 1.165) is 79.9 Å². The van der Waals surface area contributed by atoms with Gasteiger partial charge < -0.3 is 15.0 Å². The van der Waals surface area contributed by atoms with Crippen molar-refractivity contribution in [3.8, 4) is 5.75 Å². The van der Waals surface area contributed by atoms with Gasteiger partial charge >= 0.3 is 0 Å². The summed E-state index contributed by atoms with van der Waals surface area (Å²) in [6, 6.07) is 18.2. The number of para-hydroxylation sites is 1. The fraction of sp³-hybridized carbons (Fsp3) is 0.472. The number of amides is 1. The third-order valence-corrected chi connectivity index (χ3v) is 9.65. The van der Waals surface area contributed by atoms with E-state index >= 15 is 0 Å². The van der Waals surface area contributed by atoms with Gasteiger partial charge in [0, 0.05) is 41.2 Å². The average molecular weight is 776 g/mol. The van der Waals surface area contributed by atoms with Crippen molar-refractivity contribution in [3.63, 3.8) is 0 Å². The molecule has 2 N–H and O–H groups in total. The second-order valence-electron chi connectivity index (χ2n) is 11.6. The van der Waals surface area contributed by atoms with Crippen LogP contribution in [0.4, 0.5) is 0 Å². The average Bonchev–Trinajstić information content (AvgIpc) is 3.26. The van der Waals surface area contributed by atoms with Crippen LogP contribution >= 0.6 is 43.5 Å². The Hall–Kier alpha value is -2.46. The second kappa shape index (κ2) is 18.2. The molecule has 2 fully saturated rings. The zero-order valence-electron chi connectivity index (χ0n) is 27.1. The molecule has 3 aromatic rings. The van der Waals surface area contributed by atoms with Gasteiger partial charge in [0.25, 0.3) is 6.02 Å². The Bertz CT molecular complexity index is 1370. The molecule has 1 aromatic heterocycles. The number of hydrogen-bond donors (Lipinski definition) is 2. The van der Waals surface area contributed by atoms with Crippen LogP contribution in [0.25, 0.3) is 0 Å². The van der Waals surface area contributed by atoms with Crippen molar-refractivity contribution in [2.24, 2.45) is 11.8 Å². The molecule has 6 rings (SSSR count). The molecule has 2 aromatic carbocycles.